The van der Waals surface area contributed by atoms with Crippen molar-refractivity contribution in [3.63, 3.8) is 0 Å². The zero-order valence-electron chi connectivity index (χ0n) is 12.1. The Morgan fingerprint density at radius 3 is 2.68 bits per heavy atom. The van der Waals surface area contributed by atoms with Crippen LogP contribution in [0.15, 0.2) is 48.5 Å². The van der Waals surface area contributed by atoms with Crippen LogP contribution in [0.3, 0.4) is 0 Å². The van der Waals surface area contributed by atoms with Gasteiger partial charge in [-0.2, -0.15) is 0 Å². The van der Waals surface area contributed by atoms with E-state index in [0.29, 0.717) is 30.3 Å². The summed E-state index contributed by atoms with van der Waals surface area (Å²) in [5, 5.41) is 5.15. The number of anilines is 1. The molecule has 2 amide bonds. The van der Waals surface area contributed by atoms with Crippen LogP contribution in [0.5, 0.6) is 11.5 Å². The van der Waals surface area contributed by atoms with Crippen molar-refractivity contribution in [2.45, 2.75) is 0 Å². The normalized spacial score (nSPS) is 9.91. The molecule has 0 unspecified atom stereocenters. The largest absolute Gasteiger partial charge is 0.497 e. The summed E-state index contributed by atoms with van der Waals surface area (Å²) in [7, 11) is 1.58. The van der Waals surface area contributed by atoms with E-state index in [1.54, 1.807) is 25.3 Å². The fourth-order valence-corrected chi connectivity index (χ4v) is 1.77. The predicted molar refractivity (Wildman–Crippen MR) is 81.9 cm³/mol. The first kappa shape index (κ1) is 15.6. The summed E-state index contributed by atoms with van der Waals surface area (Å²) in [6.45, 7) is 0.627. The second kappa shape index (κ2) is 7.87. The number of carbonyl (C=O) groups is 1. The minimum absolute atomic E-state index is 0.309. The molecule has 0 aliphatic rings. The maximum atomic E-state index is 13.0. The summed E-state index contributed by atoms with van der Waals surface area (Å²) < 4.78 is 23.5. The molecular weight excluding hydrogens is 287 g/mol. The number of halogens is 1. The SMILES string of the molecule is COc1cccc(OCCNC(=O)Nc2cccc(F)c2)c1. The molecule has 2 N–H and O–H groups in total. The first-order valence-electron chi connectivity index (χ1n) is 6.74. The van der Waals surface area contributed by atoms with Gasteiger partial charge in [-0.05, 0) is 30.3 Å². The lowest BCUT2D eigenvalue weighted by Crippen LogP contribution is -2.32. The molecule has 116 valence electrons. The van der Waals surface area contributed by atoms with Gasteiger partial charge in [-0.15, -0.1) is 0 Å². The lowest BCUT2D eigenvalue weighted by molar-refractivity contribution is 0.247. The van der Waals surface area contributed by atoms with Crippen molar-refractivity contribution in [3.8, 4) is 11.5 Å². The summed E-state index contributed by atoms with van der Waals surface area (Å²) >= 11 is 0. The van der Waals surface area contributed by atoms with E-state index in [-0.39, 0.29) is 0 Å². The highest BCUT2D eigenvalue weighted by molar-refractivity contribution is 5.89. The van der Waals surface area contributed by atoms with Crippen LogP contribution in [0.25, 0.3) is 0 Å². The number of amides is 2. The zero-order chi connectivity index (χ0) is 15.8. The molecule has 0 heterocycles. The fourth-order valence-electron chi connectivity index (χ4n) is 1.77. The number of hydrogen-bond acceptors (Lipinski definition) is 3. The van der Waals surface area contributed by atoms with Crippen molar-refractivity contribution >= 4 is 11.7 Å². The summed E-state index contributed by atoms with van der Waals surface area (Å²) in [6.07, 6.45) is 0. The molecule has 0 aromatic heterocycles. The van der Waals surface area contributed by atoms with Gasteiger partial charge in [0.25, 0.3) is 0 Å². The smallest absolute Gasteiger partial charge is 0.319 e. The number of nitrogens with one attached hydrogen (secondary N) is 2. The fraction of sp³-hybridized carbons (Fsp3) is 0.188. The Hall–Kier alpha value is -2.76. The number of rotatable bonds is 6. The Bertz CT molecular complexity index is 634. The first-order chi connectivity index (χ1) is 10.7. The third kappa shape index (κ3) is 4.97. The first-order valence-corrected chi connectivity index (χ1v) is 6.74. The Morgan fingerprint density at radius 2 is 1.91 bits per heavy atom. The van der Waals surface area contributed by atoms with Gasteiger partial charge in [0.15, 0.2) is 0 Å². The van der Waals surface area contributed by atoms with E-state index in [1.165, 1.54) is 18.2 Å². The molecular formula is C16H17FN2O3. The maximum Gasteiger partial charge on any atom is 0.319 e. The molecule has 2 aromatic rings. The van der Waals surface area contributed by atoms with Gasteiger partial charge in [0.05, 0.1) is 13.7 Å². The number of carbonyl (C=O) groups excluding carboxylic acids is 1. The Kier molecular flexibility index (Phi) is 5.59. The molecule has 5 nitrogen and oxygen atoms in total. The Morgan fingerprint density at radius 1 is 1.14 bits per heavy atom. The van der Waals surface area contributed by atoms with Crippen LogP contribution in [0.2, 0.25) is 0 Å². The highest BCUT2D eigenvalue weighted by Gasteiger charge is 2.02. The number of benzene rings is 2. The van der Waals surface area contributed by atoms with E-state index in [0.717, 1.165) is 0 Å². The van der Waals surface area contributed by atoms with Crippen LogP contribution in [0.1, 0.15) is 0 Å². The molecule has 0 saturated heterocycles. The van der Waals surface area contributed by atoms with Crippen molar-refractivity contribution in [2.75, 3.05) is 25.6 Å². The van der Waals surface area contributed by atoms with E-state index in [4.69, 9.17) is 9.47 Å². The van der Waals surface area contributed by atoms with Gasteiger partial charge in [0.2, 0.25) is 0 Å². The maximum absolute atomic E-state index is 13.0. The van der Waals surface area contributed by atoms with Crippen molar-refractivity contribution in [1.29, 1.82) is 0 Å². The number of urea groups is 1. The predicted octanol–water partition coefficient (Wildman–Crippen LogP) is 3.03. The molecule has 0 aliphatic heterocycles. The van der Waals surface area contributed by atoms with Crippen LogP contribution in [0, 0.1) is 5.82 Å². The molecule has 2 rings (SSSR count). The molecule has 2 aromatic carbocycles. The molecule has 22 heavy (non-hydrogen) atoms. The molecule has 0 atom stereocenters. The molecule has 6 heteroatoms. The summed E-state index contributed by atoms with van der Waals surface area (Å²) in [4.78, 5) is 11.6. The van der Waals surface area contributed by atoms with E-state index < -0.39 is 11.8 Å². The summed E-state index contributed by atoms with van der Waals surface area (Å²) in [5.41, 5.74) is 0.395. The summed E-state index contributed by atoms with van der Waals surface area (Å²) in [5.74, 6) is 0.958. The van der Waals surface area contributed by atoms with Gasteiger partial charge in [-0.1, -0.05) is 12.1 Å². The second-order valence-corrected chi connectivity index (χ2v) is 4.42. The van der Waals surface area contributed by atoms with E-state index >= 15 is 0 Å². The monoisotopic (exact) mass is 304 g/mol. The molecule has 0 aliphatic carbocycles. The minimum Gasteiger partial charge on any atom is -0.497 e. The van der Waals surface area contributed by atoms with Gasteiger partial charge in [0.1, 0.15) is 23.9 Å². The van der Waals surface area contributed by atoms with Crippen molar-refractivity contribution in [2.24, 2.45) is 0 Å². The molecule has 0 spiro atoms. The third-order valence-corrected chi connectivity index (χ3v) is 2.78. The standard InChI is InChI=1S/C16H17FN2O3/c1-21-14-6-3-7-15(11-14)22-9-8-18-16(20)19-13-5-2-4-12(17)10-13/h2-7,10-11H,8-9H2,1H3,(H2,18,19,20). The van der Waals surface area contributed by atoms with Crippen LogP contribution in [-0.2, 0) is 0 Å². The van der Waals surface area contributed by atoms with Crippen LogP contribution in [0.4, 0.5) is 14.9 Å². The van der Waals surface area contributed by atoms with Gasteiger partial charge in [0, 0.05) is 11.8 Å². The van der Waals surface area contributed by atoms with Crippen LogP contribution in [-0.4, -0.2) is 26.3 Å². The van der Waals surface area contributed by atoms with Crippen LogP contribution < -0.4 is 20.1 Å². The average molecular weight is 304 g/mol. The third-order valence-electron chi connectivity index (χ3n) is 2.78. The molecule has 0 bridgehead atoms. The van der Waals surface area contributed by atoms with E-state index in [2.05, 4.69) is 10.6 Å². The van der Waals surface area contributed by atoms with E-state index in [9.17, 15) is 9.18 Å². The number of hydrogen-bond donors (Lipinski definition) is 2. The average Bonchev–Trinajstić information content (AvgIpc) is 2.52. The van der Waals surface area contributed by atoms with Gasteiger partial charge in [-0.3, -0.25) is 0 Å². The number of methoxy groups -OCH3 is 1. The molecule has 0 saturated carbocycles. The Labute approximate surface area is 128 Å². The lowest BCUT2D eigenvalue weighted by Gasteiger charge is -2.10. The Balaban J connectivity index is 1.70. The quantitative estimate of drug-likeness (QED) is 0.806. The van der Waals surface area contributed by atoms with Crippen molar-refractivity contribution in [3.05, 3.63) is 54.3 Å². The van der Waals surface area contributed by atoms with Crippen molar-refractivity contribution < 1.29 is 18.7 Å². The highest BCUT2D eigenvalue weighted by Crippen LogP contribution is 2.18. The van der Waals surface area contributed by atoms with Gasteiger partial charge < -0.3 is 20.1 Å². The molecule has 0 radical (unpaired) electrons. The highest BCUT2D eigenvalue weighted by atomic mass is 19.1. The van der Waals surface area contributed by atoms with E-state index in [1.807, 2.05) is 12.1 Å². The second-order valence-electron chi connectivity index (χ2n) is 4.42. The minimum atomic E-state index is -0.417. The topological polar surface area (TPSA) is 59.6 Å². The van der Waals surface area contributed by atoms with Gasteiger partial charge in [-0.25, -0.2) is 9.18 Å². The van der Waals surface area contributed by atoms with Crippen LogP contribution >= 0.6 is 0 Å². The lowest BCUT2D eigenvalue weighted by atomic mass is 10.3. The van der Waals surface area contributed by atoms with Gasteiger partial charge >= 0.3 is 6.03 Å². The zero-order valence-corrected chi connectivity index (χ0v) is 12.1. The van der Waals surface area contributed by atoms with Crippen molar-refractivity contribution in [1.82, 2.24) is 5.32 Å². The summed E-state index contributed by atoms with van der Waals surface area (Å²) in [6, 6.07) is 12.5. The molecule has 0 fully saturated rings. The number of ether oxygens (including phenoxy) is 2.